The summed E-state index contributed by atoms with van der Waals surface area (Å²) in [6.45, 7) is 18.8. The van der Waals surface area contributed by atoms with Crippen molar-refractivity contribution in [3.05, 3.63) is 11.6 Å². The molecule has 0 spiro atoms. The number of aliphatic hydroxyl groups is 1. The van der Waals surface area contributed by atoms with Crippen molar-refractivity contribution < 1.29 is 9.53 Å². The summed E-state index contributed by atoms with van der Waals surface area (Å²) in [5, 5.41) is 20.9. The molecule has 4 rings (SSSR count). The minimum atomic E-state index is -1.75. The van der Waals surface area contributed by atoms with E-state index in [4.69, 9.17) is 4.43 Å². The van der Waals surface area contributed by atoms with Gasteiger partial charge >= 0.3 is 0 Å². The Labute approximate surface area is 198 Å². The molecule has 0 aromatic rings. The van der Waals surface area contributed by atoms with Gasteiger partial charge < -0.3 is 9.53 Å². The lowest BCUT2D eigenvalue weighted by molar-refractivity contribution is -0.0562. The predicted molar refractivity (Wildman–Crippen MR) is 133 cm³/mol. The second-order valence-corrected chi connectivity index (χ2v) is 18.5. The Bertz CT molecular complexity index is 807. The van der Waals surface area contributed by atoms with Crippen molar-refractivity contribution >= 4 is 8.32 Å². The minimum absolute atomic E-state index is 0.0650. The van der Waals surface area contributed by atoms with Crippen LogP contribution >= 0.6 is 0 Å². The number of aliphatic hydroxyl groups excluding tert-OH is 1. The highest BCUT2D eigenvalue weighted by Crippen LogP contribution is 2.67. The summed E-state index contributed by atoms with van der Waals surface area (Å²) in [4.78, 5) is 0. The van der Waals surface area contributed by atoms with E-state index in [-0.39, 0.29) is 28.4 Å². The highest BCUT2D eigenvalue weighted by Gasteiger charge is 2.62. The van der Waals surface area contributed by atoms with E-state index in [1.54, 1.807) is 5.57 Å². The molecule has 0 amide bonds. The fourth-order valence-electron chi connectivity index (χ4n) is 8.36. The second kappa shape index (κ2) is 7.96. The molecule has 3 saturated carbocycles. The van der Waals surface area contributed by atoms with E-state index in [1.165, 1.54) is 25.7 Å². The van der Waals surface area contributed by atoms with Crippen LogP contribution < -0.4 is 0 Å². The van der Waals surface area contributed by atoms with Crippen molar-refractivity contribution in [2.75, 3.05) is 0 Å². The first-order valence-corrected chi connectivity index (χ1v) is 16.1. The van der Waals surface area contributed by atoms with Crippen LogP contribution in [0.2, 0.25) is 18.1 Å². The average Bonchev–Trinajstić information content (AvgIpc) is 2.96. The molecule has 0 aliphatic heterocycles. The standard InChI is InChI=1S/C28H47NO2Si/c1-18(17-29)25-24(30)16-23-21-10-9-19-15-20(31-32(7,8)26(2,3)4)11-13-27(19,5)22(21)12-14-28(23,25)6/h9,18,20-25,30H,10-16H2,1-8H3/t18?,20-,21?,22?,23?,24-,25-,27-,28-/m0/s1. The first-order valence-electron chi connectivity index (χ1n) is 13.2. The number of hydrogen-bond donors (Lipinski definition) is 1. The van der Waals surface area contributed by atoms with Gasteiger partial charge in [0.15, 0.2) is 8.32 Å². The van der Waals surface area contributed by atoms with Gasteiger partial charge in [-0.1, -0.05) is 46.3 Å². The molecular formula is C28H47NO2Si. The third-order valence-corrected chi connectivity index (χ3v) is 15.7. The predicted octanol–water partition coefficient (Wildman–Crippen LogP) is 7.09. The fraction of sp³-hybridized carbons (Fsp3) is 0.893. The Morgan fingerprint density at radius 3 is 2.50 bits per heavy atom. The zero-order valence-electron chi connectivity index (χ0n) is 21.9. The van der Waals surface area contributed by atoms with Gasteiger partial charge in [-0.25, -0.2) is 0 Å². The summed E-state index contributed by atoms with van der Waals surface area (Å²) in [5.41, 5.74) is 2.07. The number of nitrogens with zero attached hydrogens (tertiary/aromatic N) is 1. The van der Waals surface area contributed by atoms with Gasteiger partial charge in [-0.2, -0.15) is 5.26 Å². The van der Waals surface area contributed by atoms with Crippen LogP contribution in [0.3, 0.4) is 0 Å². The Morgan fingerprint density at radius 2 is 1.88 bits per heavy atom. The van der Waals surface area contributed by atoms with Gasteiger partial charge in [0, 0.05) is 17.9 Å². The Hall–Kier alpha value is -0.633. The maximum Gasteiger partial charge on any atom is 0.192 e. The van der Waals surface area contributed by atoms with E-state index in [9.17, 15) is 10.4 Å². The molecular weight excluding hydrogens is 410 g/mol. The SMILES string of the molecule is CC(C#N)[C@H]1[C@@H](O)CC2C3CC=C4C[C@@H](O[Si](C)(C)C(C)(C)C)CC[C@]4(C)C3CC[C@@]21C. The lowest BCUT2D eigenvalue weighted by Gasteiger charge is -2.58. The summed E-state index contributed by atoms with van der Waals surface area (Å²) in [6, 6.07) is 2.47. The largest absolute Gasteiger partial charge is 0.414 e. The molecule has 4 aliphatic rings. The van der Waals surface area contributed by atoms with Crippen molar-refractivity contribution in [3.8, 4) is 6.07 Å². The van der Waals surface area contributed by atoms with Gasteiger partial charge in [0.1, 0.15) is 0 Å². The minimum Gasteiger partial charge on any atom is -0.414 e. The Balaban J connectivity index is 1.55. The molecule has 4 aliphatic carbocycles. The first-order chi connectivity index (χ1) is 14.7. The van der Waals surface area contributed by atoms with Crippen LogP contribution in [0.1, 0.15) is 86.5 Å². The van der Waals surface area contributed by atoms with Gasteiger partial charge in [0.05, 0.1) is 12.2 Å². The van der Waals surface area contributed by atoms with Crippen LogP contribution in [0.4, 0.5) is 0 Å². The summed E-state index contributed by atoms with van der Waals surface area (Å²) >= 11 is 0. The number of rotatable bonds is 3. The topological polar surface area (TPSA) is 53.2 Å². The van der Waals surface area contributed by atoms with Crippen LogP contribution in [-0.4, -0.2) is 25.6 Å². The molecule has 0 radical (unpaired) electrons. The fourth-order valence-corrected chi connectivity index (χ4v) is 9.75. The van der Waals surface area contributed by atoms with E-state index >= 15 is 0 Å². The molecule has 0 bridgehead atoms. The summed E-state index contributed by atoms with van der Waals surface area (Å²) < 4.78 is 6.86. The molecule has 4 unspecified atom stereocenters. The van der Waals surface area contributed by atoms with Gasteiger partial charge in [0.2, 0.25) is 0 Å². The lowest BCUT2D eigenvalue weighted by Crippen LogP contribution is -2.52. The van der Waals surface area contributed by atoms with Gasteiger partial charge in [-0.05, 0) is 98.6 Å². The highest BCUT2D eigenvalue weighted by atomic mass is 28.4. The zero-order chi connectivity index (χ0) is 23.7. The van der Waals surface area contributed by atoms with E-state index < -0.39 is 8.32 Å². The molecule has 0 aromatic heterocycles. The van der Waals surface area contributed by atoms with Gasteiger partial charge in [-0.15, -0.1) is 0 Å². The molecule has 1 N–H and O–H groups in total. The second-order valence-electron chi connectivity index (χ2n) is 13.8. The third-order valence-electron chi connectivity index (χ3n) is 11.2. The lowest BCUT2D eigenvalue weighted by atomic mass is 9.47. The molecule has 4 heteroatoms. The number of allylic oxidation sites excluding steroid dienone is 1. The maximum absolute atomic E-state index is 11.0. The van der Waals surface area contributed by atoms with Gasteiger partial charge in [0.25, 0.3) is 0 Å². The molecule has 0 aromatic carbocycles. The molecule has 0 heterocycles. The number of hydrogen-bond acceptors (Lipinski definition) is 3. The zero-order valence-corrected chi connectivity index (χ0v) is 22.9. The first kappa shape index (κ1) is 24.5. The highest BCUT2D eigenvalue weighted by molar-refractivity contribution is 6.74. The normalized spacial score (nSPS) is 45.2. The molecule has 9 atom stereocenters. The molecule has 32 heavy (non-hydrogen) atoms. The number of fused-ring (bicyclic) bond motifs is 5. The van der Waals surface area contributed by atoms with Crippen LogP contribution in [-0.2, 0) is 4.43 Å². The quantitative estimate of drug-likeness (QED) is 0.364. The molecule has 180 valence electrons. The average molecular weight is 458 g/mol. The van der Waals surface area contributed by atoms with Crippen molar-refractivity contribution in [1.29, 1.82) is 5.26 Å². The van der Waals surface area contributed by atoms with E-state index in [2.05, 4.69) is 59.9 Å². The smallest absolute Gasteiger partial charge is 0.192 e. The van der Waals surface area contributed by atoms with E-state index in [1.807, 2.05) is 6.92 Å². The summed E-state index contributed by atoms with van der Waals surface area (Å²) in [6.07, 6.45) is 10.7. The van der Waals surface area contributed by atoms with Crippen molar-refractivity contribution in [2.24, 2.45) is 40.4 Å². The monoisotopic (exact) mass is 457 g/mol. The molecule has 3 fully saturated rings. The number of nitriles is 1. The van der Waals surface area contributed by atoms with Crippen molar-refractivity contribution in [1.82, 2.24) is 0 Å². The van der Waals surface area contributed by atoms with Crippen LogP contribution in [0.5, 0.6) is 0 Å². The summed E-state index contributed by atoms with van der Waals surface area (Å²) in [7, 11) is -1.75. The van der Waals surface area contributed by atoms with Gasteiger partial charge in [-0.3, -0.25) is 0 Å². The summed E-state index contributed by atoms with van der Waals surface area (Å²) in [5.74, 6) is 1.99. The van der Waals surface area contributed by atoms with E-state index in [0.717, 1.165) is 25.2 Å². The molecule has 3 nitrogen and oxygen atoms in total. The van der Waals surface area contributed by atoms with Crippen LogP contribution in [0.25, 0.3) is 0 Å². The van der Waals surface area contributed by atoms with Crippen molar-refractivity contribution in [2.45, 2.75) is 117 Å². The van der Waals surface area contributed by atoms with Crippen LogP contribution in [0, 0.1) is 51.8 Å². The third kappa shape index (κ3) is 3.66. The maximum atomic E-state index is 11.0. The van der Waals surface area contributed by atoms with Crippen molar-refractivity contribution in [3.63, 3.8) is 0 Å². The molecule has 0 saturated heterocycles. The van der Waals surface area contributed by atoms with Crippen LogP contribution in [0.15, 0.2) is 11.6 Å². The Kier molecular flexibility index (Phi) is 6.09. The van der Waals surface area contributed by atoms with E-state index in [0.29, 0.717) is 23.4 Å². The Morgan fingerprint density at radius 1 is 1.19 bits per heavy atom.